The number of hydrogen-bond acceptors (Lipinski definition) is 5. The SMILES string of the molecule is COC(=O)C(Br)CNC(=O)c1cc([N+](=O)[O-])ccc1C. The number of nitrogens with zero attached hydrogens (tertiary/aromatic N) is 1. The van der Waals surface area contributed by atoms with Gasteiger partial charge in [-0.25, -0.2) is 0 Å². The van der Waals surface area contributed by atoms with E-state index in [9.17, 15) is 19.7 Å². The third-order valence-electron chi connectivity index (χ3n) is 2.58. The quantitative estimate of drug-likeness (QED) is 0.378. The van der Waals surface area contributed by atoms with Crippen molar-refractivity contribution in [1.82, 2.24) is 5.32 Å². The summed E-state index contributed by atoms with van der Waals surface area (Å²) in [6, 6.07) is 4.03. The van der Waals surface area contributed by atoms with E-state index in [1.807, 2.05) is 0 Å². The maximum Gasteiger partial charge on any atom is 0.321 e. The molecule has 8 heteroatoms. The van der Waals surface area contributed by atoms with Crippen LogP contribution in [-0.4, -0.2) is 35.3 Å². The highest BCUT2D eigenvalue weighted by Gasteiger charge is 2.19. The minimum Gasteiger partial charge on any atom is -0.468 e. The molecule has 0 bridgehead atoms. The summed E-state index contributed by atoms with van der Waals surface area (Å²) in [5.74, 6) is -0.999. The Morgan fingerprint density at radius 1 is 1.50 bits per heavy atom. The van der Waals surface area contributed by atoms with Crippen LogP contribution < -0.4 is 5.32 Å². The van der Waals surface area contributed by atoms with Crippen molar-refractivity contribution >= 4 is 33.5 Å². The number of carbonyl (C=O) groups is 2. The van der Waals surface area contributed by atoms with Gasteiger partial charge in [0.1, 0.15) is 4.83 Å². The number of benzene rings is 1. The number of esters is 1. The number of carbonyl (C=O) groups excluding carboxylic acids is 2. The predicted molar refractivity (Wildman–Crippen MR) is 74.9 cm³/mol. The number of alkyl halides is 1. The summed E-state index contributed by atoms with van der Waals surface area (Å²) >= 11 is 3.06. The Hall–Kier alpha value is -1.96. The van der Waals surface area contributed by atoms with E-state index in [0.717, 1.165) is 0 Å². The fraction of sp³-hybridized carbons (Fsp3) is 0.333. The van der Waals surface area contributed by atoms with Crippen LogP contribution in [0.15, 0.2) is 18.2 Å². The Balaban J connectivity index is 2.80. The molecule has 0 aromatic heterocycles. The number of halogens is 1. The van der Waals surface area contributed by atoms with E-state index >= 15 is 0 Å². The normalized spacial score (nSPS) is 11.6. The van der Waals surface area contributed by atoms with Crippen LogP contribution in [0.2, 0.25) is 0 Å². The van der Waals surface area contributed by atoms with E-state index < -0.39 is 21.6 Å². The van der Waals surface area contributed by atoms with E-state index in [0.29, 0.717) is 5.56 Å². The Kier molecular flexibility index (Phi) is 5.63. The standard InChI is InChI=1S/C12H13BrN2O5/c1-7-3-4-8(15(18)19)5-9(7)11(16)14-6-10(13)12(17)20-2/h3-5,10H,6H2,1-2H3,(H,14,16). The largest absolute Gasteiger partial charge is 0.468 e. The average molecular weight is 345 g/mol. The summed E-state index contributed by atoms with van der Waals surface area (Å²) in [5, 5.41) is 13.2. The number of nitro benzene ring substituents is 1. The van der Waals surface area contributed by atoms with Crippen LogP contribution in [0.25, 0.3) is 0 Å². The minimum atomic E-state index is -0.671. The molecule has 0 aliphatic heterocycles. The van der Waals surface area contributed by atoms with Crippen molar-refractivity contribution in [3.05, 3.63) is 39.4 Å². The van der Waals surface area contributed by atoms with Crippen molar-refractivity contribution in [1.29, 1.82) is 0 Å². The summed E-state index contributed by atoms with van der Waals surface area (Å²) < 4.78 is 4.50. The number of nitrogens with one attached hydrogen (secondary N) is 1. The molecule has 0 heterocycles. The van der Waals surface area contributed by atoms with Crippen molar-refractivity contribution < 1.29 is 19.2 Å². The van der Waals surface area contributed by atoms with Crippen molar-refractivity contribution in [2.45, 2.75) is 11.8 Å². The van der Waals surface area contributed by atoms with Gasteiger partial charge in [0.15, 0.2) is 0 Å². The van der Waals surface area contributed by atoms with Gasteiger partial charge in [-0.15, -0.1) is 0 Å². The molecule has 0 aliphatic carbocycles. The monoisotopic (exact) mass is 344 g/mol. The molecule has 1 rings (SSSR count). The Morgan fingerprint density at radius 2 is 2.15 bits per heavy atom. The smallest absolute Gasteiger partial charge is 0.321 e. The molecule has 0 saturated carbocycles. The fourth-order valence-electron chi connectivity index (χ4n) is 1.46. The van der Waals surface area contributed by atoms with Gasteiger partial charge in [0.05, 0.1) is 12.0 Å². The number of non-ortho nitro benzene ring substituents is 1. The topological polar surface area (TPSA) is 98.5 Å². The van der Waals surface area contributed by atoms with Crippen molar-refractivity contribution in [2.75, 3.05) is 13.7 Å². The van der Waals surface area contributed by atoms with Crippen LogP contribution in [0.3, 0.4) is 0 Å². The van der Waals surface area contributed by atoms with Crippen molar-refractivity contribution in [3.8, 4) is 0 Å². The first kappa shape index (κ1) is 16.1. The van der Waals surface area contributed by atoms with Crippen LogP contribution in [0.1, 0.15) is 15.9 Å². The lowest BCUT2D eigenvalue weighted by atomic mass is 10.1. The van der Waals surface area contributed by atoms with Crippen LogP contribution in [0, 0.1) is 17.0 Å². The zero-order chi connectivity index (χ0) is 15.3. The minimum absolute atomic E-state index is 0.0215. The van der Waals surface area contributed by atoms with E-state index in [2.05, 4.69) is 26.0 Å². The Bertz CT molecular complexity index is 547. The fourth-order valence-corrected chi connectivity index (χ4v) is 1.81. The predicted octanol–water partition coefficient (Wildman–Crippen LogP) is 1.57. The van der Waals surface area contributed by atoms with Gasteiger partial charge in [-0.1, -0.05) is 22.0 Å². The number of hydrogen-bond donors (Lipinski definition) is 1. The maximum atomic E-state index is 11.9. The third kappa shape index (κ3) is 4.02. The van der Waals surface area contributed by atoms with Crippen molar-refractivity contribution in [3.63, 3.8) is 0 Å². The summed E-state index contributed by atoms with van der Waals surface area (Å²) in [6.07, 6.45) is 0. The first-order valence-electron chi connectivity index (χ1n) is 5.62. The van der Waals surface area contributed by atoms with E-state index in [1.54, 1.807) is 6.92 Å². The molecule has 108 valence electrons. The average Bonchev–Trinajstić information content (AvgIpc) is 2.43. The first-order chi connectivity index (χ1) is 9.36. The molecule has 1 atom stereocenters. The first-order valence-corrected chi connectivity index (χ1v) is 6.53. The van der Waals surface area contributed by atoms with Gasteiger partial charge < -0.3 is 10.1 Å². The molecule has 1 N–H and O–H groups in total. The summed E-state index contributed by atoms with van der Waals surface area (Å²) in [4.78, 5) is 32.6. The number of methoxy groups -OCH3 is 1. The van der Waals surface area contributed by atoms with E-state index in [1.165, 1.54) is 25.3 Å². The lowest BCUT2D eigenvalue weighted by molar-refractivity contribution is -0.384. The van der Waals surface area contributed by atoms with Gasteiger partial charge >= 0.3 is 5.97 Å². The third-order valence-corrected chi connectivity index (χ3v) is 3.27. The van der Waals surface area contributed by atoms with Crippen molar-refractivity contribution in [2.24, 2.45) is 0 Å². The molecular formula is C12H13BrN2O5. The zero-order valence-corrected chi connectivity index (χ0v) is 12.5. The molecule has 1 aromatic carbocycles. The molecule has 20 heavy (non-hydrogen) atoms. The number of rotatable bonds is 5. The number of nitro groups is 1. The molecule has 0 aliphatic rings. The second kappa shape index (κ2) is 6.99. The number of amides is 1. The summed E-state index contributed by atoms with van der Waals surface area (Å²) in [5.41, 5.74) is 0.644. The lowest BCUT2D eigenvalue weighted by Gasteiger charge is -2.10. The van der Waals surface area contributed by atoms with Gasteiger partial charge in [-0.3, -0.25) is 19.7 Å². The highest BCUT2D eigenvalue weighted by molar-refractivity contribution is 9.10. The second-order valence-corrected chi connectivity index (χ2v) is 5.06. The van der Waals surface area contributed by atoms with Crippen LogP contribution in [-0.2, 0) is 9.53 Å². The van der Waals surface area contributed by atoms with Gasteiger partial charge in [0.25, 0.3) is 11.6 Å². The molecular weight excluding hydrogens is 332 g/mol. The zero-order valence-electron chi connectivity index (χ0n) is 10.9. The summed E-state index contributed by atoms with van der Waals surface area (Å²) in [6.45, 7) is 1.69. The molecule has 0 spiro atoms. The van der Waals surface area contributed by atoms with E-state index in [4.69, 9.17) is 0 Å². The Labute approximate surface area is 123 Å². The number of aryl methyl sites for hydroxylation is 1. The molecule has 0 radical (unpaired) electrons. The highest BCUT2D eigenvalue weighted by atomic mass is 79.9. The number of ether oxygens (including phenoxy) is 1. The van der Waals surface area contributed by atoms with Gasteiger partial charge in [0.2, 0.25) is 0 Å². The molecule has 0 fully saturated rings. The van der Waals surface area contributed by atoms with Crippen LogP contribution in [0.4, 0.5) is 5.69 Å². The molecule has 7 nitrogen and oxygen atoms in total. The summed E-state index contributed by atoms with van der Waals surface area (Å²) in [7, 11) is 1.24. The van der Waals surface area contributed by atoms with Crippen LogP contribution >= 0.6 is 15.9 Å². The maximum absolute atomic E-state index is 11.9. The molecule has 1 aromatic rings. The van der Waals surface area contributed by atoms with Gasteiger partial charge in [-0.05, 0) is 12.5 Å². The van der Waals surface area contributed by atoms with Gasteiger partial charge in [-0.2, -0.15) is 0 Å². The van der Waals surface area contributed by atoms with Crippen LogP contribution in [0.5, 0.6) is 0 Å². The lowest BCUT2D eigenvalue weighted by Crippen LogP contribution is -2.34. The molecule has 1 amide bonds. The van der Waals surface area contributed by atoms with Gasteiger partial charge in [0, 0.05) is 24.2 Å². The Morgan fingerprint density at radius 3 is 2.70 bits per heavy atom. The molecule has 0 saturated heterocycles. The second-order valence-electron chi connectivity index (χ2n) is 3.96. The highest BCUT2D eigenvalue weighted by Crippen LogP contribution is 2.17. The molecule has 1 unspecified atom stereocenters. The van der Waals surface area contributed by atoms with E-state index in [-0.39, 0.29) is 17.8 Å².